The SMILES string of the molecule is CNCC12CCC(c3ccccc31)c1ccccc12.CS(=O)(=O)O. The summed E-state index contributed by atoms with van der Waals surface area (Å²) in [5, 5.41) is 3.44. The number of fused-ring (bicyclic) bond motifs is 1. The highest BCUT2D eigenvalue weighted by atomic mass is 32.2. The van der Waals surface area contributed by atoms with Gasteiger partial charge in [0.1, 0.15) is 0 Å². The number of likely N-dealkylation sites (N-methyl/N-ethyl adjacent to an activating group) is 1. The topological polar surface area (TPSA) is 66.4 Å². The van der Waals surface area contributed by atoms with Crippen LogP contribution < -0.4 is 5.32 Å². The van der Waals surface area contributed by atoms with Gasteiger partial charge in [0.2, 0.25) is 0 Å². The minimum absolute atomic E-state index is 0.191. The summed E-state index contributed by atoms with van der Waals surface area (Å²) < 4.78 is 25.9. The van der Waals surface area contributed by atoms with Gasteiger partial charge in [-0.3, -0.25) is 4.55 Å². The third-order valence-electron chi connectivity index (χ3n) is 5.04. The standard InChI is InChI=1S/C18H19N.CH4O3S/c1-19-12-18-11-10-13(14-6-2-4-8-16(14)18)15-7-3-5-9-17(15)18;1-5(2,3)4/h2-9,13,19H,10-12H2,1H3;1H3,(H,2,3,4). The molecule has 0 unspecified atom stereocenters. The zero-order valence-electron chi connectivity index (χ0n) is 14.0. The molecule has 24 heavy (non-hydrogen) atoms. The van der Waals surface area contributed by atoms with Crippen LogP contribution >= 0.6 is 0 Å². The molecule has 0 heterocycles. The van der Waals surface area contributed by atoms with Crippen molar-refractivity contribution in [1.82, 2.24) is 5.32 Å². The highest BCUT2D eigenvalue weighted by Gasteiger charge is 2.47. The molecule has 0 aromatic heterocycles. The van der Waals surface area contributed by atoms with Crippen LogP contribution in [0.2, 0.25) is 0 Å². The van der Waals surface area contributed by atoms with Crippen molar-refractivity contribution in [2.24, 2.45) is 0 Å². The fourth-order valence-electron chi connectivity index (χ4n) is 4.34. The molecule has 0 saturated carbocycles. The summed E-state index contributed by atoms with van der Waals surface area (Å²) in [5.74, 6) is 0.617. The summed E-state index contributed by atoms with van der Waals surface area (Å²) in [7, 11) is -1.60. The van der Waals surface area contributed by atoms with E-state index < -0.39 is 10.1 Å². The molecule has 2 bridgehead atoms. The Morgan fingerprint density at radius 1 is 1.08 bits per heavy atom. The molecule has 5 heteroatoms. The summed E-state index contributed by atoms with van der Waals surface area (Å²) in [5.41, 5.74) is 6.42. The van der Waals surface area contributed by atoms with E-state index in [0.717, 1.165) is 6.54 Å². The minimum Gasteiger partial charge on any atom is -0.319 e. The summed E-state index contributed by atoms with van der Waals surface area (Å²) >= 11 is 0. The van der Waals surface area contributed by atoms with Crippen LogP contribution in [0.25, 0.3) is 0 Å². The largest absolute Gasteiger partial charge is 0.319 e. The molecule has 4 nitrogen and oxygen atoms in total. The van der Waals surface area contributed by atoms with Gasteiger partial charge in [0.15, 0.2) is 0 Å². The molecule has 2 aromatic carbocycles. The molecule has 0 spiro atoms. The summed E-state index contributed by atoms with van der Waals surface area (Å²) in [6.45, 7) is 1.04. The highest BCUT2D eigenvalue weighted by Crippen LogP contribution is 2.55. The van der Waals surface area contributed by atoms with Crippen LogP contribution in [0, 0.1) is 0 Å². The lowest BCUT2D eigenvalue weighted by atomic mass is 9.55. The first kappa shape index (κ1) is 17.1. The maximum absolute atomic E-state index is 9.19. The summed E-state index contributed by atoms with van der Waals surface area (Å²) in [6.07, 6.45) is 3.27. The number of rotatable bonds is 2. The van der Waals surface area contributed by atoms with Crippen molar-refractivity contribution >= 4 is 10.1 Å². The molecule has 2 N–H and O–H groups in total. The average Bonchev–Trinajstić information content (AvgIpc) is 2.55. The van der Waals surface area contributed by atoms with Crippen LogP contribution in [0.4, 0.5) is 0 Å². The van der Waals surface area contributed by atoms with Gasteiger partial charge in [-0.25, -0.2) is 0 Å². The molecule has 2 aromatic rings. The zero-order chi connectivity index (χ0) is 17.4. The first-order valence-electron chi connectivity index (χ1n) is 8.13. The molecule has 0 fully saturated rings. The second kappa shape index (κ2) is 6.31. The van der Waals surface area contributed by atoms with Gasteiger partial charge in [-0.1, -0.05) is 48.5 Å². The second-order valence-electron chi connectivity index (χ2n) is 6.61. The van der Waals surface area contributed by atoms with E-state index in [0.29, 0.717) is 12.2 Å². The molecule has 3 aliphatic carbocycles. The fraction of sp³-hybridized carbons (Fsp3) is 0.368. The van der Waals surface area contributed by atoms with Gasteiger partial charge >= 0.3 is 0 Å². The molecule has 3 aliphatic rings. The van der Waals surface area contributed by atoms with E-state index in [2.05, 4.69) is 60.9 Å². The van der Waals surface area contributed by atoms with Crippen molar-refractivity contribution in [3.63, 3.8) is 0 Å². The average molecular weight is 345 g/mol. The second-order valence-corrected chi connectivity index (χ2v) is 8.08. The molecular weight excluding hydrogens is 322 g/mol. The number of benzene rings is 2. The normalized spacial score (nSPS) is 23.7. The van der Waals surface area contributed by atoms with E-state index >= 15 is 0 Å². The van der Waals surface area contributed by atoms with E-state index in [-0.39, 0.29) is 5.41 Å². The lowest BCUT2D eigenvalue weighted by Crippen LogP contribution is -2.46. The molecular formula is C19H23NO3S. The van der Waals surface area contributed by atoms with Crippen molar-refractivity contribution in [2.75, 3.05) is 19.8 Å². The van der Waals surface area contributed by atoms with Gasteiger partial charge in [0, 0.05) is 17.9 Å². The third kappa shape index (κ3) is 2.99. The van der Waals surface area contributed by atoms with Gasteiger partial charge in [-0.2, -0.15) is 8.42 Å². The van der Waals surface area contributed by atoms with Gasteiger partial charge in [-0.15, -0.1) is 0 Å². The van der Waals surface area contributed by atoms with Crippen molar-refractivity contribution < 1.29 is 13.0 Å². The number of hydrogen-bond donors (Lipinski definition) is 2. The van der Waals surface area contributed by atoms with E-state index in [1.165, 1.54) is 12.8 Å². The molecule has 0 amide bonds. The molecule has 0 atom stereocenters. The molecule has 0 radical (unpaired) electrons. The molecule has 5 rings (SSSR count). The monoisotopic (exact) mass is 345 g/mol. The van der Waals surface area contributed by atoms with Crippen LogP contribution in [0.1, 0.15) is 41.0 Å². The van der Waals surface area contributed by atoms with Crippen LogP contribution in [0.3, 0.4) is 0 Å². The maximum Gasteiger partial charge on any atom is 0.261 e. The van der Waals surface area contributed by atoms with Crippen molar-refractivity contribution in [1.29, 1.82) is 0 Å². The number of hydrogen-bond acceptors (Lipinski definition) is 3. The van der Waals surface area contributed by atoms with Gasteiger partial charge in [-0.05, 0) is 42.1 Å². The quantitative estimate of drug-likeness (QED) is 0.821. The Bertz CT molecular complexity index is 790. The molecule has 128 valence electrons. The predicted molar refractivity (Wildman–Crippen MR) is 96.1 cm³/mol. The lowest BCUT2D eigenvalue weighted by molar-refractivity contribution is 0.362. The maximum atomic E-state index is 9.19. The smallest absolute Gasteiger partial charge is 0.261 e. The van der Waals surface area contributed by atoms with E-state index in [4.69, 9.17) is 4.55 Å². The third-order valence-corrected chi connectivity index (χ3v) is 5.04. The Morgan fingerprint density at radius 2 is 1.54 bits per heavy atom. The summed E-state index contributed by atoms with van der Waals surface area (Å²) in [6, 6.07) is 18.1. The highest BCUT2D eigenvalue weighted by molar-refractivity contribution is 7.85. The predicted octanol–water partition coefficient (Wildman–Crippen LogP) is 2.94. The first-order valence-corrected chi connectivity index (χ1v) is 9.97. The van der Waals surface area contributed by atoms with Crippen molar-refractivity contribution in [3.05, 3.63) is 70.8 Å². The van der Waals surface area contributed by atoms with Gasteiger partial charge in [0.25, 0.3) is 10.1 Å². The Balaban J connectivity index is 0.000000300. The lowest BCUT2D eigenvalue weighted by Gasteiger charge is -2.49. The zero-order valence-corrected chi connectivity index (χ0v) is 14.8. The minimum atomic E-state index is -3.67. The fourth-order valence-corrected chi connectivity index (χ4v) is 4.34. The number of nitrogens with one attached hydrogen (secondary N) is 1. The van der Waals surface area contributed by atoms with Crippen molar-refractivity contribution in [3.8, 4) is 0 Å². The van der Waals surface area contributed by atoms with E-state index in [9.17, 15) is 8.42 Å². The van der Waals surface area contributed by atoms with Gasteiger partial charge < -0.3 is 5.32 Å². The first-order chi connectivity index (χ1) is 11.4. The van der Waals surface area contributed by atoms with Crippen LogP contribution in [-0.2, 0) is 15.5 Å². The Labute approximate surface area is 143 Å². The summed E-state index contributed by atoms with van der Waals surface area (Å²) in [4.78, 5) is 0. The Kier molecular flexibility index (Phi) is 4.51. The van der Waals surface area contributed by atoms with Crippen LogP contribution in [0.5, 0.6) is 0 Å². The Morgan fingerprint density at radius 3 is 2.00 bits per heavy atom. The van der Waals surface area contributed by atoms with Crippen molar-refractivity contribution in [2.45, 2.75) is 24.2 Å². The van der Waals surface area contributed by atoms with Crippen LogP contribution in [-0.4, -0.2) is 32.8 Å². The van der Waals surface area contributed by atoms with Crippen LogP contribution in [0.15, 0.2) is 48.5 Å². The van der Waals surface area contributed by atoms with E-state index in [1.54, 1.807) is 22.3 Å². The van der Waals surface area contributed by atoms with E-state index in [1.807, 2.05) is 0 Å². The molecule has 0 saturated heterocycles. The molecule has 0 aliphatic heterocycles. The van der Waals surface area contributed by atoms with Gasteiger partial charge in [0.05, 0.1) is 6.26 Å². The Hall–Kier alpha value is -1.69.